The normalized spacial score (nSPS) is 11.5. The fourth-order valence-electron chi connectivity index (χ4n) is 3.03. The largest absolute Gasteiger partial charge is 0.495 e. The molecule has 1 amide bonds. The maximum Gasteiger partial charge on any atom is 0.265 e. The summed E-state index contributed by atoms with van der Waals surface area (Å²) in [4.78, 5) is 11.4. The number of benzene rings is 2. The van der Waals surface area contributed by atoms with Gasteiger partial charge in [0.05, 0.1) is 7.11 Å². The molecule has 0 radical (unpaired) electrons. The lowest BCUT2D eigenvalue weighted by Gasteiger charge is -2.12. The molecule has 0 aliphatic heterocycles. The molecule has 8 nitrogen and oxygen atoms in total. The van der Waals surface area contributed by atoms with Gasteiger partial charge in [-0.15, -0.1) is 0 Å². The first-order chi connectivity index (χ1) is 15.2. The fraction of sp³-hybridized carbons (Fsp3) is 0.217. The highest BCUT2D eigenvalue weighted by molar-refractivity contribution is 7.92. The van der Waals surface area contributed by atoms with Crippen molar-refractivity contribution < 1.29 is 22.5 Å². The third-order valence-electron chi connectivity index (χ3n) is 4.71. The van der Waals surface area contributed by atoms with Gasteiger partial charge in [-0.3, -0.25) is 9.52 Å². The number of carbonyl (C=O) groups is 1. The molecule has 3 rings (SSSR count). The van der Waals surface area contributed by atoms with Gasteiger partial charge < -0.3 is 14.6 Å². The second-order valence-electron chi connectivity index (χ2n) is 7.09. The topological polar surface area (TPSA) is 111 Å². The number of ether oxygens (including phenoxy) is 1. The van der Waals surface area contributed by atoms with Crippen molar-refractivity contribution in [1.82, 2.24) is 5.16 Å². The van der Waals surface area contributed by atoms with Crippen molar-refractivity contribution in [3.63, 3.8) is 0 Å². The minimum Gasteiger partial charge on any atom is -0.495 e. The van der Waals surface area contributed by atoms with E-state index in [-0.39, 0.29) is 16.6 Å². The summed E-state index contributed by atoms with van der Waals surface area (Å²) < 4.78 is 39.2. The Morgan fingerprint density at radius 1 is 1.16 bits per heavy atom. The standard InChI is InChI=1S/C23H25N3O5S/c1-5-17-6-10-19(11-7-17)26-32(28,29)22-14-18(8-12-20(22)30-4)9-13-21-23(24-16(3)27)15(2)25-31-21/h6-14,26H,5H2,1-4H3,(H,24,27)/b13-9-. The summed E-state index contributed by atoms with van der Waals surface area (Å²) >= 11 is 0. The first-order valence-electron chi connectivity index (χ1n) is 9.95. The van der Waals surface area contributed by atoms with E-state index in [1.807, 2.05) is 19.1 Å². The Balaban J connectivity index is 1.91. The molecule has 0 unspecified atom stereocenters. The van der Waals surface area contributed by atoms with Crippen LogP contribution in [-0.2, 0) is 21.2 Å². The quantitative estimate of drug-likeness (QED) is 0.518. The number of methoxy groups -OCH3 is 1. The van der Waals surface area contributed by atoms with E-state index < -0.39 is 10.0 Å². The van der Waals surface area contributed by atoms with Gasteiger partial charge in [-0.25, -0.2) is 8.42 Å². The van der Waals surface area contributed by atoms with Gasteiger partial charge in [0.1, 0.15) is 22.0 Å². The predicted molar refractivity (Wildman–Crippen MR) is 124 cm³/mol. The van der Waals surface area contributed by atoms with Gasteiger partial charge >= 0.3 is 0 Å². The van der Waals surface area contributed by atoms with Crippen molar-refractivity contribution in [3.8, 4) is 5.75 Å². The molecule has 168 valence electrons. The van der Waals surface area contributed by atoms with Gasteiger partial charge in [0, 0.05) is 12.6 Å². The fourth-order valence-corrected chi connectivity index (χ4v) is 4.29. The van der Waals surface area contributed by atoms with E-state index in [9.17, 15) is 13.2 Å². The molecule has 0 atom stereocenters. The summed E-state index contributed by atoms with van der Waals surface area (Å²) in [6.07, 6.45) is 4.14. The SMILES string of the molecule is CCc1ccc(NS(=O)(=O)c2cc(/C=C\c3onc(C)c3NC(C)=O)ccc2OC)cc1. The number of anilines is 2. The van der Waals surface area contributed by atoms with Crippen LogP contribution in [0.25, 0.3) is 12.2 Å². The highest BCUT2D eigenvalue weighted by atomic mass is 32.2. The number of nitrogens with zero attached hydrogens (tertiary/aromatic N) is 1. The minimum absolute atomic E-state index is 0.00227. The predicted octanol–water partition coefficient (Wildman–Crippen LogP) is 4.48. The Kier molecular flexibility index (Phi) is 6.99. The summed E-state index contributed by atoms with van der Waals surface area (Å²) in [5, 5.41) is 6.53. The molecule has 0 bridgehead atoms. The van der Waals surface area contributed by atoms with Crippen molar-refractivity contribution in [2.24, 2.45) is 0 Å². The van der Waals surface area contributed by atoms with E-state index in [0.29, 0.717) is 28.4 Å². The lowest BCUT2D eigenvalue weighted by Crippen LogP contribution is -2.14. The third-order valence-corrected chi connectivity index (χ3v) is 6.11. The van der Waals surface area contributed by atoms with Crippen LogP contribution in [0.3, 0.4) is 0 Å². The molecule has 0 aliphatic carbocycles. The maximum absolute atomic E-state index is 13.0. The molecule has 1 heterocycles. The third kappa shape index (κ3) is 5.36. The minimum atomic E-state index is -3.90. The molecule has 0 spiro atoms. The molecule has 2 N–H and O–H groups in total. The molecule has 0 aliphatic rings. The number of hydrogen-bond acceptors (Lipinski definition) is 6. The van der Waals surface area contributed by atoms with Crippen LogP contribution in [0, 0.1) is 6.92 Å². The van der Waals surface area contributed by atoms with Crippen LogP contribution in [-0.4, -0.2) is 26.6 Å². The molecular weight excluding hydrogens is 430 g/mol. The number of sulfonamides is 1. The summed E-state index contributed by atoms with van der Waals surface area (Å²) in [5.41, 5.74) is 3.17. The van der Waals surface area contributed by atoms with Crippen LogP contribution in [0.5, 0.6) is 5.75 Å². The molecular formula is C23H25N3O5S. The van der Waals surface area contributed by atoms with Crippen molar-refractivity contribution in [2.45, 2.75) is 32.1 Å². The zero-order chi connectivity index (χ0) is 23.3. The average molecular weight is 456 g/mol. The molecule has 2 aromatic carbocycles. The van der Waals surface area contributed by atoms with Gasteiger partial charge in [-0.1, -0.05) is 36.4 Å². The molecule has 0 saturated carbocycles. The molecule has 32 heavy (non-hydrogen) atoms. The van der Waals surface area contributed by atoms with Crippen molar-refractivity contribution in [3.05, 3.63) is 65.0 Å². The number of carbonyl (C=O) groups excluding carboxylic acids is 1. The zero-order valence-electron chi connectivity index (χ0n) is 18.3. The zero-order valence-corrected chi connectivity index (χ0v) is 19.1. The van der Waals surface area contributed by atoms with Gasteiger partial charge in [0.25, 0.3) is 10.0 Å². The highest BCUT2D eigenvalue weighted by Crippen LogP contribution is 2.29. The Morgan fingerprint density at radius 2 is 1.88 bits per heavy atom. The van der Waals surface area contributed by atoms with Crippen molar-refractivity contribution >= 4 is 39.5 Å². The van der Waals surface area contributed by atoms with Crippen LogP contribution < -0.4 is 14.8 Å². The van der Waals surface area contributed by atoms with E-state index in [1.54, 1.807) is 43.3 Å². The van der Waals surface area contributed by atoms with E-state index in [4.69, 9.17) is 9.26 Å². The van der Waals surface area contributed by atoms with Crippen LogP contribution in [0.4, 0.5) is 11.4 Å². The van der Waals surface area contributed by atoms with E-state index >= 15 is 0 Å². The summed E-state index contributed by atoms with van der Waals surface area (Å²) in [7, 11) is -2.49. The lowest BCUT2D eigenvalue weighted by molar-refractivity contribution is -0.114. The van der Waals surface area contributed by atoms with E-state index in [0.717, 1.165) is 12.0 Å². The number of aryl methyl sites for hydroxylation is 2. The first kappa shape index (κ1) is 23.1. The van der Waals surface area contributed by atoms with Crippen LogP contribution >= 0.6 is 0 Å². The summed E-state index contributed by atoms with van der Waals surface area (Å²) in [6.45, 7) is 5.13. The van der Waals surface area contributed by atoms with E-state index in [1.165, 1.54) is 20.1 Å². The molecule has 9 heteroatoms. The maximum atomic E-state index is 13.0. The number of hydrogen-bond donors (Lipinski definition) is 2. The lowest BCUT2D eigenvalue weighted by atomic mass is 10.2. The highest BCUT2D eigenvalue weighted by Gasteiger charge is 2.20. The molecule has 0 fully saturated rings. The number of amides is 1. The van der Waals surface area contributed by atoms with Gasteiger partial charge in [0.2, 0.25) is 5.91 Å². The Labute approximate surface area is 187 Å². The first-order valence-corrected chi connectivity index (χ1v) is 11.4. The van der Waals surface area contributed by atoms with Gasteiger partial charge in [-0.05, 0) is 54.8 Å². The monoisotopic (exact) mass is 455 g/mol. The number of nitrogens with one attached hydrogen (secondary N) is 2. The van der Waals surface area contributed by atoms with Gasteiger partial charge in [-0.2, -0.15) is 0 Å². The van der Waals surface area contributed by atoms with Crippen LogP contribution in [0.1, 0.15) is 36.4 Å². The van der Waals surface area contributed by atoms with Crippen LogP contribution in [0.2, 0.25) is 0 Å². The second-order valence-corrected chi connectivity index (χ2v) is 8.74. The molecule has 0 saturated heterocycles. The van der Waals surface area contributed by atoms with E-state index in [2.05, 4.69) is 15.2 Å². The van der Waals surface area contributed by atoms with Crippen molar-refractivity contribution in [1.29, 1.82) is 0 Å². The number of aromatic nitrogens is 1. The summed E-state index contributed by atoms with van der Waals surface area (Å²) in [6, 6.07) is 12.0. The van der Waals surface area contributed by atoms with Gasteiger partial charge in [0.15, 0.2) is 5.76 Å². The average Bonchev–Trinajstić information content (AvgIpc) is 3.11. The Bertz CT molecular complexity index is 1250. The van der Waals surface area contributed by atoms with Crippen molar-refractivity contribution in [2.75, 3.05) is 17.1 Å². The Hall–Kier alpha value is -3.59. The smallest absolute Gasteiger partial charge is 0.265 e. The molecule has 1 aromatic heterocycles. The summed E-state index contributed by atoms with van der Waals surface area (Å²) in [5.74, 6) is 0.322. The second kappa shape index (κ2) is 9.69. The Morgan fingerprint density at radius 3 is 2.50 bits per heavy atom. The van der Waals surface area contributed by atoms with Crippen LogP contribution in [0.15, 0.2) is 51.9 Å². The molecule has 3 aromatic rings. The number of rotatable bonds is 8.